The van der Waals surface area contributed by atoms with Crippen molar-refractivity contribution in [2.75, 3.05) is 0 Å². The molecule has 9 heavy (non-hydrogen) atoms. The molecule has 0 saturated carbocycles. The Kier molecular flexibility index (Phi) is 3.39. The zero-order valence-electron chi connectivity index (χ0n) is 5.77. The van der Waals surface area contributed by atoms with E-state index in [9.17, 15) is 0 Å². The van der Waals surface area contributed by atoms with E-state index >= 15 is 0 Å². The molecule has 3 N–H and O–H groups in total. The first-order valence-corrected chi connectivity index (χ1v) is 3.37. The van der Waals surface area contributed by atoms with E-state index in [1.807, 2.05) is 13.8 Å². The zero-order valence-corrected chi connectivity index (χ0v) is 6.59. The molecule has 3 heteroatoms. The highest BCUT2D eigenvalue weighted by molar-refractivity contribution is 7.80. The van der Waals surface area contributed by atoms with Gasteiger partial charge in [0, 0.05) is 11.6 Å². The summed E-state index contributed by atoms with van der Waals surface area (Å²) in [5, 5.41) is 7.31. The van der Waals surface area contributed by atoms with Gasteiger partial charge in [0.15, 0.2) is 0 Å². The van der Waals surface area contributed by atoms with Gasteiger partial charge in [-0.05, 0) is 6.42 Å². The van der Waals surface area contributed by atoms with Gasteiger partial charge in [-0.2, -0.15) is 0 Å². The fraction of sp³-hybridized carbons (Fsp3) is 0.667. The molecule has 2 nitrogen and oxygen atoms in total. The Hall–Kier alpha value is -0.440. The number of nitrogens with one attached hydrogen (secondary N) is 1. The summed E-state index contributed by atoms with van der Waals surface area (Å²) in [6, 6.07) is 0. The van der Waals surface area contributed by atoms with Gasteiger partial charge < -0.3 is 11.1 Å². The van der Waals surface area contributed by atoms with E-state index in [1.54, 1.807) is 0 Å². The van der Waals surface area contributed by atoms with Gasteiger partial charge in [-0.3, -0.25) is 0 Å². The Morgan fingerprint density at radius 3 is 2.33 bits per heavy atom. The molecule has 0 bridgehead atoms. The monoisotopic (exact) mass is 144 g/mol. The largest absolute Gasteiger partial charge is 0.393 e. The van der Waals surface area contributed by atoms with Crippen molar-refractivity contribution in [2.45, 2.75) is 20.3 Å². The van der Waals surface area contributed by atoms with E-state index in [4.69, 9.17) is 23.4 Å². The standard InChI is InChI=1S/C6H12N2S/c1-3-5(7)4(2)6(8)9/h4,7H,3H2,1-2H3,(H2,8,9). The molecule has 0 rings (SSSR count). The minimum atomic E-state index is -0.0231. The van der Waals surface area contributed by atoms with E-state index in [2.05, 4.69) is 0 Å². The van der Waals surface area contributed by atoms with Gasteiger partial charge in [0.25, 0.3) is 0 Å². The zero-order chi connectivity index (χ0) is 7.44. The Morgan fingerprint density at radius 1 is 1.78 bits per heavy atom. The van der Waals surface area contributed by atoms with E-state index in [0.29, 0.717) is 10.7 Å². The van der Waals surface area contributed by atoms with Crippen molar-refractivity contribution in [3.8, 4) is 0 Å². The van der Waals surface area contributed by atoms with Gasteiger partial charge in [-0.15, -0.1) is 0 Å². The van der Waals surface area contributed by atoms with Crippen LogP contribution in [0.2, 0.25) is 0 Å². The lowest BCUT2D eigenvalue weighted by Gasteiger charge is -2.07. The molecule has 1 atom stereocenters. The average molecular weight is 144 g/mol. The lowest BCUT2D eigenvalue weighted by molar-refractivity contribution is 0.995. The summed E-state index contributed by atoms with van der Waals surface area (Å²) in [6.07, 6.45) is 0.735. The van der Waals surface area contributed by atoms with Crippen LogP contribution >= 0.6 is 12.2 Å². The third-order valence-corrected chi connectivity index (χ3v) is 1.68. The SMILES string of the molecule is CCC(=N)C(C)C(N)=S. The molecule has 52 valence electrons. The summed E-state index contributed by atoms with van der Waals surface area (Å²) < 4.78 is 0. The van der Waals surface area contributed by atoms with Crippen molar-refractivity contribution in [2.24, 2.45) is 11.7 Å². The second kappa shape index (κ2) is 3.56. The molecular weight excluding hydrogens is 132 g/mol. The number of rotatable bonds is 3. The first-order valence-electron chi connectivity index (χ1n) is 2.96. The van der Waals surface area contributed by atoms with Crippen molar-refractivity contribution in [3.05, 3.63) is 0 Å². The maximum absolute atomic E-state index is 7.31. The number of hydrogen-bond donors (Lipinski definition) is 2. The Balaban J connectivity index is 3.88. The summed E-state index contributed by atoms with van der Waals surface area (Å²) in [7, 11) is 0. The van der Waals surface area contributed by atoms with Crippen LogP contribution in [0.3, 0.4) is 0 Å². The first kappa shape index (κ1) is 8.56. The van der Waals surface area contributed by atoms with Crippen molar-refractivity contribution in [3.63, 3.8) is 0 Å². The highest BCUT2D eigenvalue weighted by Gasteiger charge is 2.08. The highest BCUT2D eigenvalue weighted by Crippen LogP contribution is 1.99. The molecule has 1 unspecified atom stereocenters. The van der Waals surface area contributed by atoms with Crippen molar-refractivity contribution >= 4 is 22.9 Å². The lowest BCUT2D eigenvalue weighted by Crippen LogP contribution is -2.24. The minimum absolute atomic E-state index is 0.0231. The quantitative estimate of drug-likeness (QED) is 0.464. The van der Waals surface area contributed by atoms with Crippen molar-refractivity contribution < 1.29 is 0 Å². The summed E-state index contributed by atoms with van der Waals surface area (Å²) in [6.45, 7) is 3.78. The molecule has 0 saturated heterocycles. The minimum Gasteiger partial charge on any atom is -0.393 e. The Labute approximate surface area is 60.9 Å². The van der Waals surface area contributed by atoms with Gasteiger partial charge >= 0.3 is 0 Å². The van der Waals surface area contributed by atoms with Gasteiger partial charge in [0.2, 0.25) is 0 Å². The maximum atomic E-state index is 7.31. The summed E-state index contributed by atoms with van der Waals surface area (Å²) in [5.74, 6) is -0.0231. The highest BCUT2D eigenvalue weighted by atomic mass is 32.1. The van der Waals surface area contributed by atoms with Crippen LogP contribution in [-0.4, -0.2) is 10.7 Å². The fourth-order valence-corrected chi connectivity index (χ4v) is 0.620. The second-order valence-electron chi connectivity index (χ2n) is 2.00. The van der Waals surface area contributed by atoms with Gasteiger partial charge in [-0.25, -0.2) is 0 Å². The first-order chi connectivity index (χ1) is 4.09. The van der Waals surface area contributed by atoms with Crippen molar-refractivity contribution in [1.29, 1.82) is 5.41 Å². The van der Waals surface area contributed by atoms with E-state index in [-0.39, 0.29) is 5.92 Å². The van der Waals surface area contributed by atoms with Crippen LogP contribution in [0.1, 0.15) is 20.3 Å². The molecule has 0 aromatic rings. The summed E-state index contributed by atoms with van der Waals surface area (Å²) in [5.41, 5.74) is 5.92. The molecule has 0 spiro atoms. The molecule has 0 aromatic heterocycles. The average Bonchev–Trinajstić information content (AvgIpc) is 1.84. The van der Waals surface area contributed by atoms with Crippen LogP contribution in [-0.2, 0) is 0 Å². The molecule has 0 radical (unpaired) electrons. The molecular formula is C6H12N2S. The molecule has 0 aliphatic rings. The predicted molar refractivity (Wildman–Crippen MR) is 44.0 cm³/mol. The van der Waals surface area contributed by atoms with Crippen molar-refractivity contribution in [1.82, 2.24) is 0 Å². The van der Waals surface area contributed by atoms with Crippen LogP contribution in [0, 0.1) is 11.3 Å². The van der Waals surface area contributed by atoms with Crippen LogP contribution in [0.4, 0.5) is 0 Å². The number of hydrogen-bond acceptors (Lipinski definition) is 2. The lowest BCUT2D eigenvalue weighted by atomic mass is 10.0. The number of nitrogens with two attached hydrogens (primary N) is 1. The smallest absolute Gasteiger partial charge is 0.0812 e. The van der Waals surface area contributed by atoms with Crippen LogP contribution in [0.15, 0.2) is 0 Å². The molecule has 0 aliphatic carbocycles. The Bertz CT molecular complexity index is 131. The summed E-state index contributed by atoms with van der Waals surface area (Å²) >= 11 is 4.70. The number of thiocarbonyl (C=S) groups is 1. The van der Waals surface area contributed by atoms with Gasteiger partial charge in [0.1, 0.15) is 0 Å². The second-order valence-corrected chi connectivity index (χ2v) is 2.47. The summed E-state index contributed by atoms with van der Waals surface area (Å²) in [4.78, 5) is 0.418. The molecule has 0 fully saturated rings. The molecule has 0 amide bonds. The van der Waals surface area contributed by atoms with Crippen LogP contribution in [0.25, 0.3) is 0 Å². The van der Waals surface area contributed by atoms with Crippen LogP contribution < -0.4 is 5.73 Å². The van der Waals surface area contributed by atoms with E-state index < -0.39 is 0 Å². The third-order valence-electron chi connectivity index (χ3n) is 1.33. The third kappa shape index (κ3) is 2.56. The normalized spacial score (nSPS) is 12.7. The Morgan fingerprint density at radius 2 is 2.22 bits per heavy atom. The van der Waals surface area contributed by atoms with Crippen LogP contribution in [0.5, 0.6) is 0 Å². The molecule has 0 aliphatic heterocycles. The predicted octanol–water partition coefficient (Wildman–Crippen LogP) is 1.34. The van der Waals surface area contributed by atoms with Gasteiger partial charge in [0.05, 0.1) is 4.99 Å². The molecule has 0 aromatic carbocycles. The molecule has 0 heterocycles. The fourth-order valence-electron chi connectivity index (χ4n) is 0.478. The van der Waals surface area contributed by atoms with E-state index in [1.165, 1.54) is 0 Å². The maximum Gasteiger partial charge on any atom is 0.0812 e. The topological polar surface area (TPSA) is 49.9 Å². The van der Waals surface area contributed by atoms with E-state index in [0.717, 1.165) is 6.42 Å². The van der Waals surface area contributed by atoms with Gasteiger partial charge in [-0.1, -0.05) is 26.1 Å².